The number of rotatable bonds is 2. The molecular formula is C7H6ClN3O3S. The standard InChI is InChI=1S/C7H6ClN3O3S/c8-7-10-9-4(15-7)1-11-5(12)2-14-3-6(11)13/h1-3H2. The van der Waals surface area contributed by atoms with Crippen LogP contribution in [-0.4, -0.2) is 40.1 Å². The maximum Gasteiger partial charge on any atom is 0.255 e. The minimum absolute atomic E-state index is 0.0712. The fourth-order valence-corrected chi connectivity index (χ4v) is 1.99. The van der Waals surface area contributed by atoms with Gasteiger partial charge in [-0.1, -0.05) is 11.3 Å². The largest absolute Gasteiger partial charge is 0.362 e. The van der Waals surface area contributed by atoms with Crippen molar-refractivity contribution in [1.29, 1.82) is 0 Å². The minimum atomic E-state index is -0.363. The van der Waals surface area contributed by atoms with E-state index in [0.717, 1.165) is 16.2 Å². The summed E-state index contributed by atoms with van der Waals surface area (Å²) in [5, 5.41) is 7.85. The predicted molar refractivity (Wildman–Crippen MR) is 51.3 cm³/mol. The summed E-state index contributed by atoms with van der Waals surface area (Å²) in [6, 6.07) is 0. The molecule has 1 saturated heterocycles. The number of nitrogens with zero attached hydrogens (tertiary/aromatic N) is 3. The first-order chi connectivity index (χ1) is 7.16. The van der Waals surface area contributed by atoms with Crippen LogP contribution < -0.4 is 0 Å². The molecule has 0 saturated carbocycles. The molecule has 0 spiro atoms. The van der Waals surface area contributed by atoms with Crippen molar-refractivity contribution in [3.8, 4) is 0 Å². The van der Waals surface area contributed by atoms with Crippen LogP contribution in [0.3, 0.4) is 0 Å². The van der Waals surface area contributed by atoms with Crippen molar-refractivity contribution >= 4 is 34.8 Å². The Labute approximate surface area is 93.8 Å². The molecule has 1 fully saturated rings. The molecule has 1 aliphatic heterocycles. The average Bonchev–Trinajstić information content (AvgIpc) is 2.58. The van der Waals surface area contributed by atoms with Crippen molar-refractivity contribution in [1.82, 2.24) is 15.1 Å². The van der Waals surface area contributed by atoms with Gasteiger partial charge in [0.2, 0.25) is 4.47 Å². The topological polar surface area (TPSA) is 72.4 Å². The second-order valence-electron chi connectivity index (χ2n) is 2.82. The van der Waals surface area contributed by atoms with Crippen molar-refractivity contribution in [3.05, 3.63) is 9.47 Å². The van der Waals surface area contributed by atoms with Gasteiger partial charge in [-0.3, -0.25) is 14.5 Å². The van der Waals surface area contributed by atoms with Gasteiger partial charge in [-0.25, -0.2) is 0 Å². The first kappa shape index (κ1) is 10.5. The van der Waals surface area contributed by atoms with Crippen LogP contribution >= 0.6 is 22.9 Å². The van der Waals surface area contributed by atoms with E-state index in [9.17, 15) is 9.59 Å². The van der Waals surface area contributed by atoms with Crippen molar-refractivity contribution in [2.45, 2.75) is 6.54 Å². The van der Waals surface area contributed by atoms with Crippen LogP contribution in [0, 0.1) is 0 Å². The van der Waals surface area contributed by atoms with Gasteiger partial charge in [0.25, 0.3) is 11.8 Å². The number of amides is 2. The zero-order chi connectivity index (χ0) is 10.8. The highest BCUT2D eigenvalue weighted by Crippen LogP contribution is 2.17. The number of carbonyl (C=O) groups is 2. The Hall–Kier alpha value is -1.05. The average molecular weight is 248 g/mol. The molecule has 1 aromatic heterocycles. The van der Waals surface area contributed by atoms with E-state index in [1.54, 1.807) is 0 Å². The van der Waals surface area contributed by atoms with Crippen LogP contribution in [0.1, 0.15) is 5.01 Å². The Morgan fingerprint density at radius 3 is 2.53 bits per heavy atom. The van der Waals surface area contributed by atoms with Crippen LogP contribution in [-0.2, 0) is 20.9 Å². The molecule has 1 aromatic rings. The Balaban J connectivity index is 2.09. The number of halogens is 1. The molecule has 0 N–H and O–H groups in total. The molecule has 2 heterocycles. The van der Waals surface area contributed by atoms with E-state index in [1.807, 2.05) is 0 Å². The summed E-state index contributed by atoms with van der Waals surface area (Å²) in [6.45, 7) is -0.0258. The third-order valence-electron chi connectivity index (χ3n) is 1.79. The van der Waals surface area contributed by atoms with Gasteiger partial charge < -0.3 is 4.74 Å². The van der Waals surface area contributed by atoms with Crippen molar-refractivity contribution < 1.29 is 14.3 Å². The Morgan fingerprint density at radius 2 is 2.00 bits per heavy atom. The van der Waals surface area contributed by atoms with Gasteiger partial charge in [-0.15, -0.1) is 10.2 Å². The molecule has 8 heteroatoms. The Bertz CT molecular complexity index is 392. The maximum absolute atomic E-state index is 11.3. The molecule has 2 rings (SSSR count). The van der Waals surface area contributed by atoms with Crippen LogP contribution in [0.5, 0.6) is 0 Å². The molecule has 0 bridgehead atoms. The lowest BCUT2D eigenvalue weighted by Gasteiger charge is -2.23. The van der Waals surface area contributed by atoms with Crippen LogP contribution in [0.4, 0.5) is 0 Å². The monoisotopic (exact) mass is 247 g/mol. The number of hydrogen-bond acceptors (Lipinski definition) is 6. The minimum Gasteiger partial charge on any atom is -0.362 e. The van der Waals surface area contributed by atoms with Gasteiger partial charge in [0.1, 0.15) is 18.2 Å². The van der Waals surface area contributed by atoms with Gasteiger partial charge in [0, 0.05) is 0 Å². The first-order valence-electron chi connectivity index (χ1n) is 4.05. The second-order valence-corrected chi connectivity index (χ2v) is 4.46. The quantitative estimate of drug-likeness (QED) is 0.692. The summed E-state index contributed by atoms with van der Waals surface area (Å²) < 4.78 is 5.06. The number of imide groups is 1. The third-order valence-corrected chi connectivity index (χ3v) is 2.79. The predicted octanol–water partition coefficient (Wildman–Crippen LogP) is 0.0769. The van der Waals surface area contributed by atoms with Gasteiger partial charge in [-0.2, -0.15) is 0 Å². The van der Waals surface area contributed by atoms with E-state index < -0.39 is 0 Å². The second kappa shape index (κ2) is 4.21. The van der Waals surface area contributed by atoms with Crippen molar-refractivity contribution in [2.24, 2.45) is 0 Å². The molecular weight excluding hydrogens is 242 g/mol. The molecule has 6 nitrogen and oxygen atoms in total. The van der Waals surface area contributed by atoms with Crippen LogP contribution in [0.2, 0.25) is 4.47 Å². The van der Waals surface area contributed by atoms with E-state index in [0.29, 0.717) is 5.01 Å². The highest BCUT2D eigenvalue weighted by molar-refractivity contribution is 7.15. The van der Waals surface area contributed by atoms with Gasteiger partial charge >= 0.3 is 0 Å². The Morgan fingerprint density at radius 1 is 1.33 bits per heavy atom. The molecule has 15 heavy (non-hydrogen) atoms. The summed E-state index contributed by atoms with van der Waals surface area (Å²) in [5.74, 6) is -0.727. The van der Waals surface area contributed by atoms with E-state index >= 15 is 0 Å². The molecule has 2 amide bonds. The summed E-state index contributed by atoms with van der Waals surface area (Å²) in [7, 11) is 0. The van der Waals surface area contributed by atoms with E-state index in [4.69, 9.17) is 16.3 Å². The molecule has 0 aromatic carbocycles. The number of carbonyl (C=O) groups excluding carboxylic acids is 2. The van der Waals surface area contributed by atoms with Crippen LogP contribution in [0.25, 0.3) is 0 Å². The lowest BCUT2D eigenvalue weighted by Crippen LogP contribution is -2.45. The SMILES string of the molecule is O=C1COCC(=O)N1Cc1nnc(Cl)s1. The molecule has 0 radical (unpaired) electrons. The number of aromatic nitrogens is 2. The summed E-state index contributed by atoms with van der Waals surface area (Å²) >= 11 is 6.72. The van der Waals surface area contributed by atoms with Gasteiger partial charge in [-0.05, 0) is 11.6 Å². The number of morpholine rings is 1. The zero-order valence-corrected chi connectivity index (χ0v) is 9.05. The lowest BCUT2D eigenvalue weighted by molar-refractivity contribution is -0.159. The molecule has 1 aliphatic rings. The highest BCUT2D eigenvalue weighted by atomic mass is 35.5. The van der Waals surface area contributed by atoms with Crippen molar-refractivity contribution in [2.75, 3.05) is 13.2 Å². The summed E-state index contributed by atoms with van der Waals surface area (Å²) in [6.07, 6.45) is 0. The van der Waals surface area contributed by atoms with Gasteiger partial charge in [0.15, 0.2) is 0 Å². The molecule has 80 valence electrons. The normalized spacial score (nSPS) is 17.3. The van der Waals surface area contributed by atoms with E-state index in [1.165, 1.54) is 0 Å². The van der Waals surface area contributed by atoms with Crippen LogP contribution in [0.15, 0.2) is 0 Å². The molecule has 0 unspecified atom stereocenters. The fraction of sp³-hybridized carbons (Fsp3) is 0.429. The molecule has 0 aliphatic carbocycles. The molecule has 0 atom stereocenters. The Kier molecular flexibility index (Phi) is 2.94. The van der Waals surface area contributed by atoms with E-state index in [-0.39, 0.29) is 36.0 Å². The fourth-order valence-electron chi connectivity index (χ4n) is 1.13. The lowest BCUT2D eigenvalue weighted by atomic mass is 10.4. The maximum atomic E-state index is 11.3. The highest BCUT2D eigenvalue weighted by Gasteiger charge is 2.27. The number of hydrogen-bond donors (Lipinski definition) is 0. The smallest absolute Gasteiger partial charge is 0.255 e. The van der Waals surface area contributed by atoms with E-state index in [2.05, 4.69) is 10.2 Å². The summed E-state index contributed by atoms with van der Waals surface area (Å²) in [5.41, 5.74) is 0. The third kappa shape index (κ3) is 2.31. The first-order valence-corrected chi connectivity index (χ1v) is 5.25. The summed E-state index contributed by atoms with van der Waals surface area (Å²) in [4.78, 5) is 23.7. The van der Waals surface area contributed by atoms with Crippen molar-refractivity contribution in [3.63, 3.8) is 0 Å². The van der Waals surface area contributed by atoms with Gasteiger partial charge in [0.05, 0.1) is 6.54 Å². The number of ether oxygens (including phenoxy) is 1. The zero-order valence-electron chi connectivity index (χ0n) is 7.47.